The SMILES string of the molecule is CCOC(=O)N1CCC(NC(=O)CCN(Cc2ccccc2C)C(C)=O)CC1. The van der Waals surface area contributed by atoms with Gasteiger partial charge in [-0.25, -0.2) is 4.79 Å². The highest BCUT2D eigenvalue weighted by Gasteiger charge is 2.24. The molecule has 0 unspecified atom stereocenters. The maximum Gasteiger partial charge on any atom is 0.409 e. The quantitative estimate of drug-likeness (QED) is 0.777. The van der Waals surface area contributed by atoms with Gasteiger partial charge < -0.3 is 19.9 Å². The Bertz CT molecular complexity index is 684. The number of carbonyl (C=O) groups is 3. The number of piperidine rings is 1. The standard InChI is InChI=1S/C21H31N3O4/c1-4-28-21(27)23-12-9-19(10-13-23)22-20(26)11-14-24(17(3)25)15-18-8-6-5-7-16(18)2/h5-8,19H,4,9-15H2,1-3H3,(H,22,26). The molecule has 1 N–H and O–H groups in total. The van der Waals surface area contributed by atoms with Crippen LogP contribution < -0.4 is 5.32 Å². The van der Waals surface area contributed by atoms with E-state index in [0.717, 1.165) is 11.1 Å². The highest BCUT2D eigenvalue weighted by atomic mass is 16.6. The third kappa shape index (κ3) is 6.55. The molecule has 0 spiro atoms. The zero-order valence-electron chi connectivity index (χ0n) is 17.1. The first-order valence-electron chi connectivity index (χ1n) is 9.91. The number of carbonyl (C=O) groups excluding carboxylic acids is 3. The summed E-state index contributed by atoms with van der Waals surface area (Å²) < 4.78 is 5.00. The third-order valence-corrected chi connectivity index (χ3v) is 5.06. The van der Waals surface area contributed by atoms with Crippen molar-refractivity contribution in [3.8, 4) is 0 Å². The molecule has 7 nitrogen and oxygen atoms in total. The first-order valence-corrected chi connectivity index (χ1v) is 9.91. The first-order chi connectivity index (χ1) is 13.4. The first kappa shape index (κ1) is 21.7. The number of rotatable bonds is 7. The topological polar surface area (TPSA) is 79.0 Å². The summed E-state index contributed by atoms with van der Waals surface area (Å²) in [4.78, 5) is 39.4. The highest BCUT2D eigenvalue weighted by Crippen LogP contribution is 2.13. The summed E-state index contributed by atoms with van der Waals surface area (Å²) in [5, 5.41) is 3.02. The monoisotopic (exact) mass is 389 g/mol. The molecule has 1 heterocycles. The van der Waals surface area contributed by atoms with E-state index in [1.807, 2.05) is 31.2 Å². The number of likely N-dealkylation sites (tertiary alicyclic amines) is 1. The Hall–Kier alpha value is -2.57. The molecular formula is C21H31N3O4. The van der Waals surface area contributed by atoms with Crippen LogP contribution >= 0.6 is 0 Å². The number of benzene rings is 1. The van der Waals surface area contributed by atoms with Crippen molar-refractivity contribution in [1.82, 2.24) is 15.1 Å². The van der Waals surface area contributed by atoms with Crippen LogP contribution in [-0.4, -0.2) is 60.0 Å². The van der Waals surface area contributed by atoms with Crippen LogP contribution in [0, 0.1) is 6.92 Å². The minimum atomic E-state index is -0.291. The molecule has 3 amide bonds. The molecule has 0 radical (unpaired) electrons. The maximum atomic E-state index is 12.3. The maximum absolute atomic E-state index is 12.3. The molecule has 1 fully saturated rings. The molecule has 0 atom stereocenters. The lowest BCUT2D eigenvalue weighted by atomic mass is 10.1. The van der Waals surface area contributed by atoms with Gasteiger partial charge in [0.1, 0.15) is 0 Å². The molecule has 154 valence electrons. The predicted molar refractivity (Wildman–Crippen MR) is 107 cm³/mol. The van der Waals surface area contributed by atoms with Gasteiger partial charge in [0.2, 0.25) is 11.8 Å². The van der Waals surface area contributed by atoms with Crippen LogP contribution in [0.5, 0.6) is 0 Å². The Morgan fingerprint density at radius 2 is 1.89 bits per heavy atom. The van der Waals surface area contributed by atoms with Gasteiger partial charge in [-0.15, -0.1) is 0 Å². The summed E-state index contributed by atoms with van der Waals surface area (Å²) in [6, 6.07) is 8.00. The van der Waals surface area contributed by atoms with E-state index in [-0.39, 0.29) is 30.4 Å². The zero-order valence-corrected chi connectivity index (χ0v) is 17.1. The lowest BCUT2D eigenvalue weighted by Gasteiger charge is -2.31. The molecule has 2 rings (SSSR count). The third-order valence-electron chi connectivity index (χ3n) is 5.06. The van der Waals surface area contributed by atoms with Crippen molar-refractivity contribution in [1.29, 1.82) is 0 Å². The molecule has 1 aliphatic heterocycles. The van der Waals surface area contributed by atoms with Gasteiger partial charge in [-0.2, -0.15) is 0 Å². The summed E-state index contributed by atoms with van der Waals surface area (Å²) >= 11 is 0. The van der Waals surface area contributed by atoms with Gasteiger partial charge in [0.05, 0.1) is 6.61 Å². The predicted octanol–water partition coefficient (Wildman–Crippen LogP) is 2.47. The Morgan fingerprint density at radius 3 is 2.50 bits per heavy atom. The van der Waals surface area contributed by atoms with Crippen LogP contribution in [0.25, 0.3) is 0 Å². The van der Waals surface area contributed by atoms with Gasteiger partial charge in [0, 0.05) is 45.6 Å². The molecule has 1 aromatic rings. The van der Waals surface area contributed by atoms with Gasteiger partial charge in [0.15, 0.2) is 0 Å². The molecule has 0 aliphatic carbocycles. The number of hydrogen-bond donors (Lipinski definition) is 1. The van der Waals surface area contributed by atoms with Crippen molar-refractivity contribution in [2.24, 2.45) is 0 Å². The number of hydrogen-bond acceptors (Lipinski definition) is 4. The minimum absolute atomic E-state index is 0.0428. The largest absolute Gasteiger partial charge is 0.450 e. The van der Waals surface area contributed by atoms with E-state index in [1.165, 1.54) is 6.92 Å². The number of nitrogens with zero attached hydrogens (tertiary/aromatic N) is 2. The molecule has 0 bridgehead atoms. The summed E-state index contributed by atoms with van der Waals surface area (Å²) in [5.41, 5.74) is 2.22. The van der Waals surface area contributed by atoms with E-state index >= 15 is 0 Å². The molecule has 0 saturated carbocycles. The number of aryl methyl sites for hydroxylation is 1. The van der Waals surface area contributed by atoms with Gasteiger partial charge >= 0.3 is 6.09 Å². The average molecular weight is 389 g/mol. The molecule has 0 aromatic heterocycles. The van der Waals surface area contributed by atoms with Crippen LogP contribution in [0.4, 0.5) is 4.79 Å². The lowest BCUT2D eigenvalue weighted by Crippen LogP contribution is -2.47. The number of ether oxygens (including phenoxy) is 1. The lowest BCUT2D eigenvalue weighted by molar-refractivity contribution is -0.130. The van der Waals surface area contributed by atoms with E-state index in [4.69, 9.17) is 4.74 Å². The van der Waals surface area contributed by atoms with Crippen molar-refractivity contribution in [3.63, 3.8) is 0 Å². The van der Waals surface area contributed by atoms with E-state index < -0.39 is 0 Å². The van der Waals surface area contributed by atoms with Crippen LogP contribution in [-0.2, 0) is 20.9 Å². The second-order valence-electron chi connectivity index (χ2n) is 7.14. The van der Waals surface area contributed by atoms with E-state index in [0.29, 0.717) is 45.6 Å². The summed E-state index contributed by atoms with van der Waals surface area (Å²) in [5.74, 6) is -0.107. The molecule has 7 heteroatoms. The smallest absolute Gasteiger partial charge is 0.409 e. The van der Waals surface area contributed by atoms with E-state index in [1.54, 1.807) is 16.7 Å². The van der Waals surface area contributed by atoms with Crippen molar-refractivity contribution in [2.45, 2.75) is 52.6 Å². The summed E-state index contributed by atoms with van der Waals surface area (Å²) in [6.07, 6.45) is 1.40. The van der Waals surface area contributed by atoms with Crippen LogP contribution in [0.15, 0.2) is 24.3 Å². The normalized spacial score (nSPS) is 14.5. The van der Waals surface area contributed by atoms with E-state index in [9.17, 15) is 14.4 Å². The van der Waals surface area contributed by atoms with Gasteiger partial charge in [-0.3, -0.25) is 9.59 Å². The summed E-state index contributed by atoms with van der Waals surface area (Å²) in [6.45, 7) is 7.75. The van der Waals surface area contributed by atoms with Crippen LogP contribution in [0.3, 0.4) is 0 Å². The van der Waals surface area contributed by atoms with Crippen LogP contribution in [0.2, 0.25) is 0 Å². The fourth-order valence-electron chi connectivity index (χ4n) is 3.30. The van der Waals surface area contributed by atoms with Crippen molar-refractivity contribution >= 4 is 17.9 Å². The minimum Gasteiger partial charge on any atom is -0.450 e. The van der Waals surface area contributed by atoms with E-state index in [2.05, 4.69) is 5.32 Å². The number of nitrogens with one attached hydrogen (secondary N) is 1. The van der Waals surface area contributed by atoms with Crippen molar-refractivity contribution < 1.29 is 19.1 Å². The van der Waals surface area contributed by atoms with Gasteiger partial charge in [-0.05, 0) is 37.8 Å². The van der Waals surface area contributed by atoms with Crippen LogP contribution in [0.1, 0.15) is 44.2 Å². The fraction of sp³-hybridized carbons (Fsp3) is 0.571. The highest BCUT2D eigenvalue weighted by molar-refractivity contribution is 5.78. The molecule has 1 aliphatic rings. The Kier molecular flexibility index (Phi) is 8.29. The van der Waals surface area contributed by atoms with Gasteiger partial charge in [-0.1, -0.05) is 24.3 Å². The van der Waals surface area contributed by atoms with Crippen molar-refractivity contribution in [2.75, 3.05) is 26.2 Å². The summed E-state index contributed by atoms with van der Waals surface area (Å²) in [7, 11) is 0. The Morgan fingerprint density at radius 1 is 1.21 bits per heavy atom. The second-order valence-corrected chi connectivity index (χ2v) is 7.14. The number of amides is 3. The molecule has 1 saturated heterocycles. The van der Waals surface area contributed by atoms with Crippen molar-refractivity contribution in [3.05, 3.63) is 35.4 Å². The molecular weight excluding hydrogens is 358 g/mol. The molecule has 28 heavy (non-hydrogen) atoms. The fourth-order valence-corrected chi connectivity index (χ4v) is 3.30. The van der Waals surface area contributed by atoms with Gasteiger partial charge in [0.25, 0.3) is 0 Å². The average Bonchev–Trinajstić information content (AvgIpc) is 2.67. The molecule has 1 aromatic carbocycles. The Balaban J connectivity index is 1.77. The second kappa shape index (κ2) is 10.7. The zero-order chi connectivity index (χ0) is 20.5. The Labute approximate surface area is 167 Å².